The smallest absolute Gasteiger partial charge is 0.220 e. The van der Waals surface area contributed by atoms with Gasteiger partial charge in [0, 0.05) is 26.2 Å². The summed E-state index contributed by atoms with van der Waals surface area (Å²) in [6.07, 6.45) is 8.81. The van der Waals surface area contributed by atoms with Gasteiger partial charge in [-0.2, -0.15) is 0 Å². The molecule has 0 aliphatic carbocycles. The third-order valence-electron chi connectivity index (χ3n) is 7.24. The van der Waals surface area contributed by atoms with E-state index < -0.39 is 0 Å². The summed E-state index contributed by atoms with van der Waals surface area (Å²) >= 11 is 2.28. The molecular weight excluding hydrogens is 697 g/mol. The second-order valence-electron chi connectivity index (χ2n) is 10.5. The molecule has 0 amide bonds. The van der Waals surface area contributed by atoms with Crippen molar-refractivity contribution in [1.29, 1.82) is 0 Å². The number of methoxy groups -OCH3 is 3. The van der Waals surface area contributed by atoms with Crippen LogP contribution in [0.25, 0.3) is 11.1 Å². The molecule has 10 heteroatoms. The second-order valence-corrected chi connectivity index (χ2v) is 11.7. The molecule has 5 heterocycles. The molecule has 0 saturated heterocycles. The summed E-state index contributed by atoms with van der Waals surface area (Å²) < 4.78 is 33.3. The van der Waals surface area contributed by atoms with Crippen molar-refractivity contribution in [3.8, 4) is 17.6 Å². The van der Waals surface area contributed by atoms with Crippen molar-refractivity contribution in [2.45, 2.75) is 67.8 Å². The predicted molar refractivity (Wildman–Crippen MR) is 190 cm³/mol. The highest BCUT2D eigenvalue weighted by molar-refractivity contribution is 14.1. The third kappa shape index (κ3) is 9.76. The maximum Gasteiger partial charge on any atom is 0.220 e. The molecule has 0 aromatic carbocycles. The van der Waals surface area contributed by atoms with Crippen LogP contribution in [0.5, 0.6) is 17.6 Å². The van der Waals surface area contributed by atoms with Gasteiger partial charge in [-0.25, -0.2) is 15.0 Å². The number of ether oxygens (including phenoxy) is 6. The van der Waals surface area contributed by atoms with E-state index in [9.17, 15) is 0 Å². The van der Waals surface area contributed by atoms with E-state index in [1.807, 2.05) is 59.1 Å². The van der Waals surface area contributed by atoms with Crippen molar-refractivity contribution >= 4 is 33.7 Å². The van der Waals surface area contributed by atoms with Gasteiger partial charge in [-0.05, 0) is 104 Å². The fraction of sp³-hybridized carbons (Fsp3) is 0.417. The van der Waals surface area contributed by atoms with E-state index in [0.717, 1.165) is 43.8 Å². The van der Waals surface area contributed by atoms with Crippen molar-refractivity contribution in [2.75, 3.05) is 34.5 Å². The number of hydrogen-bond acceptors (Lipinski definition) is 9. The van der Waals surface area contributed by atoms with Crippen LogP contribution in [0, 0.1) is 24.3 Å². The summed E-state index contributed by atoms with van der Waals surface area (Å²) in [6, 6.07) is 6.21. The SMILES string of the molecule is CC=C1COCc2c1cc(C)nc2OC.CC=CCOCc1c(I)cc(C)nc1OC.CCC1=COCc2c1cc(C)nc2OC. The second kappa shape index (κ2) is 18.6. The molecule has 2 aliphatic rings. The highest BCUT2D eigenvalue weighted by Crippen LogP contribution is 2.33. The van der Waals surface area contributed by atoms with Gasteiger partial charge in [0.15, 0.2) is 0 Å². The molecule has 46 heavy (non-hydrogen) atoms. The molecule has 0 spiro atoms. The lowest BCUT2D eigenvalue weighted by Crippen LogP contribution is -2.12. The van der Waals surface area contributed by atoms with E-state index in [2.05, 4.69) is 62.7 Å². The first-order valence-electron chi connectivity index (χ1n) is 15.2. The number of rotatable bonds is 8. The maximum absolute atomic E-state index is 5.51. The minimum absolute atomic E-state index is 0.527. The summed E-state index contributed by atoms with van der Waals surface area (Å²) in [5, 5.41) is 0. The number of fused-ring (bicyclic) bond motifs is 2. The van der Waals surface area contributed by atoms with Crippen LogP contribution in [0.3, 0.4) is 0 Å². The number of hydrogen-bond donors (Lipinski definition) is 0. The van der Waals surface area contributed by atoms with Crippen molar-refractivity contribution in [3.05, 3.63) is 91.2 Å². The van der Waals surface area contributed by atoms with E-state index in [4.69, 9.17) is 28.4 Å². The predicted octanol–water partition coefficient (Wildman–Crippen LogP) is 8.11. The van der Waals surface area contributed by atoms with E-state index in [1.165, 1.54) is 22.3 Å². The summed E-state index contributed by atoms with van der Waals surface area (Å²) in [6.45, 7) is 15.0. The lowest BCUT2D eigenvalue weighted by Gasteiger charge is -2.21. The molecule has 0 fully saturated rings. The monoisotopic (exact) mass is 743 g/mol. The van der Waals surface area contributed by atoms with Gasteiger partial charge >= 0.3 is 0 Å². The minimum Gasteiger partial charge on any atom is -0.496 e. The largest absolute Gasteiger partial charge is 0.496 e. The van der Waals surface area contributed by atoms with Gasteiger partial charge in [0.1, 0.15) is 6.61 Å². The fourth-order valence-corrected chi connectivity index (χ4v) is 5.77. The molecule has 0 radical (unpaired) electrons. The van der Waals surface area contributed by atoms with E-state index >= 15 is 0 Å². The average molecular weight is 744 g/mol. The van der Waals surface area contributed by atoms with Gasteiger partial charge in [-0.15, -0.1) is 0 Å². The number of allylic oxidation sites excluding steroid dienone is 3. The lowest BCUT2D eigenvalue weighted by molar-refractivity contribution is 0.142. The summed E-state index contributed by atoms with van der Waals surface area (Å²) in [5.74, 6) is 2.03. The van der Waals surface area contributed by atoms with Crippen LogP contribution in [0.2, 0.25) is 0 Å². The molecule has 248 valence electrons. The molecular formula is C36H46IN3O6. The Hall–Kier alpha value is -3.48. The van der Waals surface area contributed by atoms with Crippen molar-refractivity contribution < 1.29 is 28.4 Å². The molecule has 5 rings (SSSR count). The standard InChI is InChI=1S/C12H16INO2.2C12H15NO2/c1-4-5-6-16-8-10-11(13)7-9(2)14-12(10)15-3;2*1-4-9-6-15-7-11-10(9)5-8(2)13-12(11)14-3/h4-5,7H,6,8H2,1-3H3;5-6H,4,7H2,1-3H3;4-5H,6-7H2,1-3H3. The molecule has 3 aromatic rings. The Kier molecular flexibility index (Phi) is 15.0. The Morgan fingerprint density at radius 3 is 1.98 bits per heavy atom. The Labute approximate surface area is 287 Å². The number of halogens is 1. The maximum atomic E-state index is 5.51. The number of pyridine rings is 3. The number of nitrogens with zero attached hydrogens (tertiary/aromatic N) is 3. The molecule has 0 N–H and O–H groups in total. The van der Waals surface area contributed by atoms with Gasteiger partial charge in [-0.3, -0.25) is 0 Å². The van der Waals surface area contributed by atoms with Gasteiger partial charge in [0.2, 0.25) is 17.6 Å². The summed E-state index contributed by atoms with van der Waals surface area (Å²) in [5.41, 5.74) is 10.9. The van der Waals surface area contributed by atoms with Crippen LogP contribution in [-0.2, 0) is 34.0 Å². The van der Waals surface area contributed by atoms with E-state index in [-0.39, 0.29) is 0 Å². The van der Waals surface area contributed by atoms with Crippen LogP contribution >= 0.6 is 22.6 Å². The molecule has 0 unspecified atom stereocenters. The molecule has 2 aliphatic heterocycles. The normalized spacial score (nSPS) is 14.1. The quantitative estimate of drug-likeness (QED) is 0.129. The van der Waals surface area contributed by atoms with Crippen molar-refractivity contribution in [2.24, 2.45) is 0 Å². The first-order valence-corrected chi connectivity index (χ1v) is 16.3. The minimum atomic E-state index is 0.527. The van der Waals surface area contributed by atoms with Crippen molar-refractivity contribution in [3.63, 3.8) is 0 Å². The van der Waals surface area contributed by atoms with Gasteiger partial charge in [0.25, 0.3) is 0 Å². The van der Waals surface area contributed by atoms with Crippen LogP contribution in [0.1, 0.15) is 72.1 Å². The van der Waals surface area contributed by atoms with Crippen LogP contribution < -0.4 is 14.2 Å². The lowest BCUT2D eigenvalue weighted by atomic mass is 9.98. The highest BCUT2D eigenvalue weighted by atomic mass is 127. The van der Waals surface area contributed by atoms with E-state index in [0.29, 0.717) is 50.7 Å². The van der Waals surface area contributed by atoms with Crippen LogP contribution in [0.15, 0.2) is 42.7 Å². The molecule has 0 bridgehead atoms. The summed E-state index contributed by atoms with van der Waals surface area (Å²) in [7, 11) is 4.92. The molecule has 9 nitrogen and oxygen atoms in total. The van der Waals surface area contributed by atoms with Gasteiger partial charge in [-0.1, -0.05) is 25.2 Å². The zero-order valence-electron chi connectivity index (χ0n) is 28.5. The Morgan fingerprint density at radius 2 is 1.39 bits per heavy atom. The number of aryl methyl sites for hydroxylation is 3. The Bertz CT molecular complexity index is 1570. The third-order valence-corrected chi connectivity index (χ3v) is 8.21. The molecule has 3 aromatic heterocycles. The zero-order valence-corrected chi connectivity index (χ0v) is 30.6. The summed E-state index contributed by atoms with van der Waals surface area (Å²) in [4.78, 5) is 13.0. The molecule has 0 atom stereocenters. The fourth-order valence-electron chi connectivity index (χ4n) is 4.93. The first kappa shape index (κ1) is 37.0. The van der Waals surface area contributed by atoms with E-state index in [1.54, 1.807) is 21.3 Å². The Morgan fingerprint density at radius 1 is 0.804 bits per heavy atom. The first-order chi connectivity index (χ1) is 22.2. The van der Waals surface area contributed by atoms with Crippen LogP contribution in [-0.4, -0.2) is 49.5 Å². The van der Waals surface area contributed by atoms with Crippen molar-refractivity contribution in [1.82, 2.24) is 15.0 Å². The van der Waals surface area contributed by atoms with Crippen LogP contribution in [0.4, 0.5) is 0 Å². The highest BCUT2D eigenvalue weighted by Gasteiger charge is 2.20. The number of aromatic nitrogens is 3. The Balaban J connectivity index is 0.000000188. The zero-order chi connectivity index (χ0) is 33.6. The van der Waals surface area contributed by atoms with Gasteiger partial charge in [0.05, 0.1) is 65.1 Å². The average Bonchev–Trinajstić information content (AvgIpc) is 3.06. The molecule has 0 saturated carbocycles. The van der Waals surface area contributed by atoms with Gasteiger partial charge < -0.3 is 28.4 Å². The topological polar surface area (TPSA) is 94.1 Å².